The van der Waals surface area contributed by atoms with Gasteiger partial charge in [-0.1, -0.05) is 6.92 Å². The van der Waals surface area contributed by atoms with E-state index in [-0.39, 0.29) is 5.54 Å². The molecule has 0 saturated heterocycles. The first kappa shape index (κ1) is 12.5. The number of nitrogens with one attached hydrogen (secondary N) is 1. The fraction of sp³-hybridized carbons (Fsp3) is 0.917. The highest BCUT2D eigenvalue weighted by Crippen LogP contribution is 2.25. The van der Waals surface area contributed by atoms with E-state index in [0.717, 1.165) is 32.0 Å². The molecule has 0 heterocycles. The van der Waals surface area contributed by atoms with E-state index in [1.807, 2.05) is 13.8 Å². The van der Waals surface area contributed by atoms with Crippen LogP contribution in [0, 0.1) is 11.3 Å². The smallest absolute Gasteiger partial charge is 0.103 e. The Morgan fingerprint density at radius 1 is 1.53 bits per heavy atom. The van der Waals surface area contributed by atoms with Crippen molar-refractivity contribution < 1.29 is 0 Å². The first-order chi connectivity index (χ1) is 7.11. The molecule has 0 aliphatic heterocycles. The molecule has 0 aromatic carbocycles. The molecule has 0 radical (unpaired) electrons. The van der Waals surface area contributed by atoms with Gasteiger partial charge in [0.25, 0.3) is 0 Å². The van der Waals surface area contributed by atoms with Crippen molar-refractivity contribution in [3.8, 4) is 6.07 Å². The zero-order valence-electron chi connectivity index (χ0n) is 10.2. The predicted octanol–water partition coefficient (Wildman–Crippen LogP) is 1.75. The summed E-state index contributed by atoms with van der Waals surface area (Å²) in [5.41, 5.74) is -0.334. The molecule has 1 unspecified atom stereocenters. The molecule has 3 nitrogen and oxygen atoms in total. The van der Waals surface area contributed by atoms with E-state index in [1.54, 1.807) is 0 Å². The molecular weight excluding hydrogens is 186 g/mol. The Hall–Kier alpha value is -0.590. The second-order valence-corrected chi connectivity index (χ2v) is 4.79. The van der Waals surface area contributed by atoms with E-state index in [9.17, 15) is 0 Å². The van der Waals surface area contributed by atoms with Gasteiger partial charge in [-0.2, -0.15) is 5.26 Å². The van der Waals surface area contributed by atoms with Crippen LogP contribution in [0.2, 0.25) is 0 Å². The maximum absolute atomic E-state index is 9.08. The molecule has 0 amide bonds. The lowest BCUT2D eigenvalue weighted by atomic mass is 9.97. The Balaban J connectivity index is 2.19. The van der Waals surface area contributed by atoms with E-state index in [4.69, 9.17) is 5.26 Å². The molecular formula is C12H23N3. The molecule has 1 N–H and O–H groups in total. The maximum Gasteiger partial charge on any atom is 0.103 e. The van der Waals surface area contributed by atoms with Crippen LogP contribution in [-0.4, -0.2) is 36.6 Å². The molecule has 0 bridgehead atoms. The lowest BCUT2D eigenvalue weighted by Crippen LogP contribution is -2.41. The summed E-state index contributed by atoms with van der Waals surface area (Å²) in [6, 6.07) is 3.20. The number of nitrogens with zero attached hydrogens (tertiary/aromatic N) is 2. The summed E-state index contributed by atoms with van der Waals surface area (Å²) in [5.74, 6) is 0. The van der Waals surface area contributed by atoms with Crippen molar-refractivity contribution in [2.24, 2.45) is 0 Å². The van der Waals surface area contributed by atoms with E-state index in [1.165, 1.54) is 12.8 Å². The van der Waals surface area contributed by atoms with Gasteiger partial charge in [0.2, 0.25) is 0 Å². The lowest BCUT2D eigenvalue weighted by Gasteiger charge is -2.24. The van der Waals surface area contributed by atoms with Gasteiger partial charge in [-0.3, -0.25) is 5.32 Å². The zero-order valence-corrected chi connectivity index (χ0v) is 10.2. The summed E-state index contributed by atoms with van der Waals surface area (Å²) in [4.78, 5) is 2.42. The van der Waals surface area contributed by atoms with Crippen LogP contribution >= 0.6 is 0 Å². The van der Waals surface area contributed by atoms with Crippen molar-refractivity contribution in [1.29, 1.82) is 5.26 Å². The zero-order chi connectivity index (χ0) is 11.3. The normalized spacial score (nSPS) is 19.9. The first-order valence-electron chi connectivity index (χ1n) is 5.98. The monoisotopic (exact) mass is 209 g/mol. The maximum atomic E-state index is 9.08. The van der Waals surface area contributed by atoms with E-state index >= 15 is 0 Å². The third-order valence-corrected chi connectivity index (χ3v) is 3.17. The van der Waals surface area contributed by atoms with Gasteiger partial charge in [-0.15, -0.1) is 0 Å². The second-order valence-electron chi connectivity index (χ2n) is 4.79. The Morgan fingerprint density at radius 3 is 2.67 bits per heavy atom. The van der Waals surface area contributed by atoms with Gasteiger partial charge in [0.05, 0.1) is 6.07 Å². The molecule has 86 valence electrons. The summed E-state index contributed by atoms with van der Waals surface area (Å²) in [5, 5.41) is 12.3. The minimum absolute atomic E-state index is 0.334. The number of hydrogen-bond donors (Lipinski definition) is 1. The van der Waals surface area contributed by atoms with E-state index < -0.39 is 0 Å². The Bertz CT molecular complexity index is 230. The fourth-order valence-electron chi connectivity index (χ4n) is 1.95. The number of rotatable bonds is 7. The second kappa shape index (κ2) is 5.48. The van der Waals surface area contributed by atoms with Crippen molar-refractivity contribution in [1.82, 2.24) is 10.2 Å². The molecule has 0 spiro atoms. The third kappa shape index (κ3) is 4.19. The SMILES string of the molecule is CCNC(C)(C#N)CCCN(C)C1CC1. The van der Waals surface area contributed by atoms with E-state index in [0.29, 0.717) is 0 Å². The van der Waals surface area contributed by atoms with Crippen LogP contribution in [0.25, 0.3) is 0 Å². The largest absolute Gasteiger partial charge is 0.303 e. The molecule has 1 aliphatic rings. The highest BCUT2D eigenvalue weighted by Gasteiger charge is 2.27. The average Bonchev–Trinajstić information content (AvgIpc) is 3.01. The first-order valence-corrected chi connectivity index (χ1v) is 5.98. The molecule has 1 fully saturated rings. The van der Waals surface area contributed by atoms with E-state index in [2.05, 4.69) is 23.3 Å². The topological polar surface area (TPSA) is 39.1 Å². The van der Waals surface area contributed by atoms with Gasteiger partial charge < -0.3 is 4.90 Å². The summed E-state index contributed by atoms with van der Waals surface area (Å²) in [6.45, 7) is 6.02. The van der Waals surface area contributed by atoms with Gasteiger partial charge >= 0.3 is 0 Å². The number of nitriles is 1. The molecule has 1 aliphatic carbocycles. The molecule has 1 saturated carbocycles. The van der Waals surface area contributed by atoms with Crippen molar-refractivity contribution in [3.05, 3.63) is 0 Å². The molecule has 0 aromatic rings. The highest BCUT2D eigenvalue weighted by atomic mass is 15.1. The average molecular weight is 209 g/mol. The van der Waals surface area contributed by atoms with Crippen LogP contribution in [0.5, 0.6) is 0 Å². The van der Waals surface area contributed by atoms with Gasteiger partial charge in [0.15, 0.2) is 0 Å². The summed E-state index contributed by atoms with van der Waals surface area (Å²) in [6.07, 6.45) is 4.76. The van der Waals surface area contributed by atoms with Crippen LogP contribution < -0.4 is 5.32 Å². The van der Waals surface area contributed by atoms with Crippen LogP contribution in [-0.2, 0) is 0 Å². The third-order valence-electron chi connectivity index (χ3n) is 3.17. The Morgan fingerprint density at radius 2 is 2.20 bits per heavy atom. The standard InChI is InChI=1S/C12H23N3/c1-4-14-12(2,10-13)8-5-9-15(3)11-6-7-11/h11,14H,4-9H2,1-3H3. The van der Waals surface area contributed by atoms with Crippen LogP contribution in [0.1, 0.15) is 39.5 Å². The molecule has 1 atom stereocenters. The lowest BCUT2D eigenvalue weighted by molar-refractivity contribution is 0.297. The summed E-state index contributed by atoms with van der Waals surface area (Å²) >= 11 is 0. The number of hydrogen-bond acceptors (Lipinski definition) is 3. The molecule has 0 aromatic heterocycles. The Labute approximate surface area is 93.5 Å². The van der Waals surface area contributed by atoms with Crippen molar-refractivity contribution in [2.45, 2.75) is 51.1 Å². The minimum Gasteiger partial charge on any atom is -0.303 e. The van der Waals surface area contributed by atoms with Gasteiger partial charge in [-0.25, -0.2) is 0 Å². The quantitative estimate of drug-likeness (QED) is 0.694. The van der Waals surface area contributed by atoms with Crippen LogP contribution in [0.4, 0.5) is 0 Å². The Kier molecular flexibility index (Phi) is 4.56. The fourth-order valence-corrected chi connectivity index (χ4v) is 1.95. The highest BCUT2D eigenvalue weighted by molar-refractivity contribution is 5.03. The summed E-state index contributed by atoms with van der Waals surface area (Å²) < 4.78 is 0. The molecule has 15 heavy (non-hydrogen) atoms. The van der Waals surface area contributed by atoms with Crippen molar-refractivity contribution >= 4 is 0 Å². The predicted molar refractivity (Wildman–Crippen MR) is 62.6 cm³/mol. The van der Waals surface area contributed by atoms with Gasteiger partial charge in [0.1, 0.15) is 5.54 Å². The van der Waals surface area contributed by atoms with Crippen LogP contribution in [0.3, 0.4) is 0 Å². The van der Waals surface area contributed by atoms with Crippen molar-refractivity contribution in [3.63, 3.8) is 0 Å². The van der Waals surface area contributed by atoms with Gasteiger partial charge in [0, 0.05) is 6.04 Å². The molecule has 3 heteroatoms. The van der Waals surface area contributed by atoms with Gasteiger partial charge in [-0.05, 0) is 52.7 Å². The van der Waals surface area contributed by atoms with Crippen molar-refractivity contribution in [2.75, 3.05) is 20.1 Å². The summed E-state index contributed by atoms with van der Waals surface area (Å²) in [7, 11) is 2.19. The molecule has 1 rings (SSSR count). The van der Waals surface area contributed by atoms with Crippen LogP contribution in [0.15, 0.2) is 0 Å². The minimum atomic E-state index is -0.334.